The van der Waals surface area contributed by atoms with Gasteiger partial charge in [0.05, 0.1) is 0 Å². The summed E-state index contributed by atoms with van der Waals surface area (Å²) in [5.74, 6) is 0. The van der Waals surface area contributed by atoms with Crippen LogP contribution < -0.4 is 11.5 Å². The third kappa shape index (κ3) is 1.79. The Bertz CT molecular complexity index is 490. The van der Waals surface area contributed by atoms with Crippen LogP contribution in [0.2, 0.25) is 0 Å². The summed E-state index contributed by atoms with van der Waals surface area (Å²) in [7, 11) is 0. The highest BCUT2D eigenvalue weighted by Crippen LogP contribution is 2.29. The molecule has 0 aliphatic rings. The number of benzene rings is 2. The first-order chi connectivity index (χ1) is 7.18. The van der Waals surface area contributed by atoms with E-state index < -0.39 is 0 Å². The molecule has 2 heteroatoms. The number of rotatable bonds is 1. The molecule has 0 bridgehead atoms. The van der Waals surface area contributed by atoms with Crippen molar-refractivity contribution in [3.63, 3.8) is 0 Å². The van der Waals surface area contributed by atoms with Gasteiger partial charge in [0.2, 0.25) is 0 Å². The molecular formula is C13H14N2. The van der Waals surface area contributed by atoms with Crippen molar-refractivity contribution in [2.45, 2.75) is 6.92 Å². The number of anilines is 2. The molecule has 2 aromatic rings. The molecule has 0 atom stereocenters. The summed E-state index contributed by atoms with van der Waals surface area (Å²) in [6, 6.07) is 13.7. The van der Waals surface area contributed by atoms with Crippen molar-refractivity contribution in [3.05, 3.63) is 48.0 Å². The molecule has 0 radical (unpaired) electrons. The van der Waals surface area contributed by atoms with E-state index in [1.807, 2.05) is 30.3 Å². The summed E-state index contributed by atoms with van der Waals surface area (Å²) in [6.07, 6.45) is 0. The van der Waals surface area contributed by atoms with Crippen molar-refractivity contribution in [1.82, 2.24) is 0 Å². The first-order valence-corrected chi connectivity index (χ1v) is 4.89. The predicted octanol–water partition coefficient (Wildman–Crippen LogP) is 2.83. The van der Waals surface area contributed by atoms with E-state index in [1.54, 1.807) is 0 Å². The Morgan fingerprint density at radius 1 is 0.867 bits per heavy atom. The van der Waals surface area contributed by atoms with Gasteiger partial charge in [0.15, 0.2) is 0 Å². The molecule has 0 aliphatic heterocycles. The van der Waals surface area contributed by atoms with Gasteiger partial charge < -0.3 is 11.5 Å². The Hall–Kier alpha value is -1.96. The zero-order chi connectivity index (χ0) is 10.8. The predicted molar refractivity (Wildman–Crippen MR) is 65.4 cm³/mol. The standard InChI is InChI=1S/C13H14N2/c1-9-4-2-3-5-11(9)12-8-10(14)6-7-13(12)15/h2-8H,14-15H2,1H3. The number of aryl methyl sites for hydroxylation is 1. The Kier molecular flexibility index (Phi) is 2.34. The van der Waals surface area contributed by atoms with Gasteiger partial charge in [-0.25, -0.2) is 0 Å². The Morgan fingerprint density at radius 2 is 1.60 bits per heavy atom. The highest BCUT2D eigenvalue weighted by atomic mass is 14.6. The fourth-order valence-electron chi connectivity index (χ4n) is 1.68. The Morgan fingerprint density at radius 3 is 2.33 bits per heavy atom. The molecule has 0 aliphatic carbocycles. The lowest BCUT2D eigenvalue weighted by atomic mass is 9.99. The van der Waals surface area contributed by atoms with Crippen LogP contribution in [0.4, 0.5) is 11.4 Å². The summed E-state index contributed by atoms with van der Waals surface area (Å²) in [5, 5.41) is 0. The van der Waals surface area contributed by atoms with Crippen LogP contribution in [0.15, 0.2) is 42.5 Å². The maximum absolute atomic E-state index is 5.93. The Labute approximate surface area is 89.5 Å². The SMILES string of the molecule is Cc1ccccc1-c1cc(N)ccc1N. The molecule has 4 N–H and O–H groups in total. The van der Waals surface area contributed by atoms with Crippen LogP contribution >= 0.6 is 0 Å². The quantitative estimate of drug-likeness (QED) is 0.692. The molecule has 2 nitrogen and oxygen atoms in total. The molecule has 0 saturated heterocycles. The lowest BCUT2D eigenvalue weighted by molar-refractivity contribution is 1.46. The largest absolute Gasteiger partial charge is 0.399 e. The zero-order valence-corrected chi connectivity index (χ0v) is 8.70. The van der Waals surface area contributed by atoms with Crippen molar-refractivity contribution in [1.29, 1.82) is 0 Å². The van der Waals surface area contributed by atoms with Gasteiger partial charge in [-0.15, -0.1) is 0 Å². The van der Waals surface area contributed by atoms with Gasteiger partial charge in [-0.2, -0.15) is 0 Å². The second kappa shape index (κ2) is 3.65. The fourth-order valence-corrected chi connectivity index (χ4v) is 1.68. The van der Waals surface area contributed by atoms with Crippen molar-refractivity contribution in [3.8, 4) is 11.1 Å². The molecule has 2 rings (SSSR count). The van der Waals surface area contributed by atoms with Crippen LogP contribution in [0.3, 0.4) is 0 Å². The highest BCUT2D eigenvalue weighted by Gasteiger charge is 2.04. The van der Waals surface area contributed by atoms with E-state index in [-0.39, 0.29) is 0 Å². The topological polar surface area (TPSA) is 52.0 Å². The number of hydrogen-bond acceptors (Lipinski definition) is 2. The van der Waals surface area contributed by atoms with Crippen LogP contribution in [0.5, 0.6) is 0 Å². The maximum Gasteiger partial charge on any atom is 0.0395 e. The second-order valence-corrected chi connectivity index (χ2v) is 3.66. The minimum atomic E-state index is 0.738. The first-order valence-electron chi connectivity index (χ1n) is 4.89. The van der Waals surface area contributed by atoms with Crippen LogP contribution in [0.25, 0.3) is 11.1 Å². The summed E-state index contributed by atoms with van der Waals surface area (Å²) >= 11 is 0. The van der Waals surface area contributed by atoms with Crippen molar-refractivity contribution in [2.75, 3.05) is 11.5 Å². The van der Waals surface area contributed by atoms with E-state index >= 15 is 0 Å². The van der Waals surface area contributed by atoms with E-state index in [4.69, 9.17) is 11.5 Å². The van der Waals surface area contributed by atoms with Gasteiger partial charge in [0.25, 0.3) is 0 Å². The van der Waals surface area contributed by atoms with Crippen molar-refractivity contribution in [2.24, 2.45) is 0 Å². The van der Waals surface area contributed by atoms with E-state index in [0.29, 0.717) is 0 Å². The average Bonchev–Trinajstić information content (AvgIpc) is 2.23. The van der Waals surface area contributed by atoms with Crippen molar-refractivity contribution < 1.29 is 0 Å². The average molecular weight is 198 g/mol. The smallest absolute Gasteiger partial charge is 0.0395 e. The van der Waals surface area contributed by atoms with Crippen LogP contribution in [-0.2, 0) is 0 Å². The van der Waals surface area contributed by atoms with Crippen LogP contribution in [0, 0.1) is 6.92 Å². The molecule has 0 saturated carbocycles. The van der Waals surface area contributed by atoms with Crippen molar-refractivity contribution >= 4 is 11.4 Å². The molecule has 0 fully saturated rings. The number of nitrogens with two attached hydrogens (primary N) is 2. The van der Waals surface area contributed by atoms with E-state index in [9.17, 15) is 0 Å². The van der Waals surface area contributed by atoms with Gasteiger partial charge in [0.1, 0.15) is 0 Å². The monoisotopic (exact) mass is 198 g/mol. The Balaban J connectivity index is 2.64. The molecule has 0 heterocycles. The van der Waals surface area contributed by atoms with Crippen LogP contribution in [-0.4, -0.2) is 0 Å². The minimum absolute atomic E-state index is 0.738. The van der Waals surface area contributed by atoms with Gasteiger partial charge in [-0.05, 0) is 36.2 Å². The summed E-state index contributed by atoms with van der Waals surface area (Å²) in [4.78, 5) is 0. The first kappa shape index (κ1) is 9.59. The molecular weight excluding hydrogens is 184 g/mol. The van der Waals surface area contributed by atoms with E-state index in [0.717, 1.165) is 22.5 Å². The van der Waals surface area contributed by atoms with E-state index in [2.05, 4.69) is 19.1 Å². The lowest BCUT2D eigenvalue weighted by Crippen LogP contribution is -1.94. The molecule has 0 unspecified atom stereocenters. The molecule has 2 aromatic carbocycles. The maximum atomic E-state index is 5.93. The van der Waals surface area contributed by atoms with Gasteiger partial charge in [-0.1, -0.05) is 24.3 Å². The number of nitrogen functional groups attached to an aromatic ring is 2. The minimum Gasteiger partial charge on any atom is -0.399 e. The van der Waals surface area contributed by atoms with Gasteiger partial charge >= 0.3 is 0 Å². The fraction of sp³-hybridized carbons (Fsp3) is 0.0769. The second-order valence-electron chi connectivity index (χ2n) is 3.66. The lowest BCUT2D eigenvalue weighted by Gasteiger charge is -2.09. The third-order valence-corrected chi connectivity index (χ3v) is 2.51. The normalized spacial score (nSPS) is 10.2. The molecule has 0 amide bonds. The van der Waals surface area contributed by atoms with Crippen LogP contribution in [0.1, 0.15) is 5.56 Å². The zero-order valence-electron chi connectivity index (χ0n) is 8.70. The highest BCUT2D eigenvalue weighted by molar-refractivity contribution is 5.80. The summed E-state index contributed by atoms with van der Waals surface area (Å²) < 4.78 is 0. The van der Waals surface area contributed by atoms with Gasteiger partial charge in [0, 0.05) is 16.9 Å². The molecule has 0 aromatic heterocycles. The molecule has 15 heavy (non-hydrogen) atoms. The summed E-state index contributed by atoms with van der Waals surface area (Å²) in [5.41, 5.74) is 16.5. The number of hydrogen-bond donors (Lipinski definition) is 2. The molecule has 0 spiro atoms. The van der Waals surface area contributed by atoms with Gasteiger partial charge in [-0.3, -0.25) is 0 Å². The van der Waals surface area contributed by atoms with E-state index in [1.165, 1.54) is 5.56 Å². The molecule has 76 valence electrons. The summed E-state index contributed by atoms with van der Waals surface area (Å²) in [6.45, 7) is 2.07. The third-order valence-electron chi connectivity index (χ3n) is 2.51.